The van der Waals surface area contributed by atoms with Gasteiger partial charge in [-0.2, -0.15) is 9.90 Å². The van der Waals surface area contributed by atoms with E-state index in [1.54, 1.807) is 0 Å². The van der Waals surface area contributed by atoms with E-state index in [0.29, 0.717) is 12.1 Å². The molecule has 0 amide bonds. The molecule has 138 valence electrons. The van der Waals surface area contributed by atoms with Crippen molar-refractivity contribution in [1.82, 2.24) is 20.3 Å². The van der Waals surface area contributed by atoms with Gasteiger partial charge in [0.1, 0.15) is 5.69 Å². The summed E-state index contributed by atoms with van der Waals surface area (Å²) < 4.78 is 5.76. The van der Waals surface area contributed by atoms with E-state index in [1.165, 1.54) is 16.6 Å². The molecule has 0 saturated carbocycles. The number of ether oxygens (including phenoxy) is 1. The molecule has 4 rings (SSSR count). The highest BCUT2D eigenvalue weighted by atomic mass is 16.5. The standard InChI is InChI=1S/C21H22N4O2/c1-15-2-8-18(9-3-15)25-23-13-19(24-25)20(26)12-16-4-6-17(7-5-16)21-14-22-10-11-27-21/h2-9,13,21-22H,10-12,14H2,1H3/t21-/m1/s1. The highest BCUT2D eigenvalue weighted by Gasteiger charge is 2.16. The number of nitrogens with one attached hydrogen (secondary N) is 1. The van der Waals surface area contributed by atoms with Crippen LogP contribution in [0.5, 0.6) is 0 Å². The van der Waals surface area contributed by atoms with Gasteiger partial charge < -0.3 is 10.1 Å². The third-order valence-electron chi connectivity index (χ3n) is 4.69. The molecule has 0 aliphatic carbocycles. The van der Waals surface area contributed by atoms with Crippen molar-refractivity contribution >= 4 is 5.78 Å². The Morgan fingerprint density at radius 2 is 1.96 bits per heavy atom. The number of Topliss-reactive ketones (excluding diaryl/α,β-unsaturated/α-hetero) is 1. The van der Waals surface area contributed by atoms with Crippen molar-refractivity contribution in [2.45, 2.75) is 19.4 Å². The first kappa shape index (κ1) is 17.6. The maximum Gasteiger partial charge on any atom is 0.189 e. The van der Waals surface area contributed by atoms with E-state index in [0.717, 1.165) is 36.5 Å². The Hall–Kier alpha value is -2.83. The van der Waals surface area contributed by atoms with Crippen molar-refractivity contribution in [2.24, 2.45) is 0 Å². The second-order valence-electron chi connectivity index (χ2n) is 6.76. The van der Waals surface area contributed by atoms with Crippen LogP contribution in [-0.4, -0.2) is 40.5 Å². The monoisotopic (exact) mass is 362 g/mol. The first-order valence-corrected chi connectivity index (χ1v) is 9.13. The largest absolute Gasteiger partial charge is 0.371 e. The van der Waals surface area contributed by atoms with E-state index in [4.69, 9.17) is 4.74 Å². The molecule has 6 heteroatoms. The predicted molar refractivity (Wildman–Crippen MR) is 102 cm³/mol. The topological polar surface area (TPSA) is 69.0 Å². The zero-order chi connectivity index (χ0) is 18.6. The summed E-state index contributed by atoms with van der Waals surface area (Å²) >= 11 is 0. The third kappa shape index (κ3) is 4.13. The van der Waals surface area contributed by atoms with Crippen molar-refractivity contribution in [3.63, 3.8) is 0 Å². The summed E-state index contributed by atoms with van der Waals surface area (Å²) in [5.74, 6) is -0.0447. The molecular formula is C21H22N4O2. The van der Waals surface area contributed by atoms with Crippen LogP contribution in [0.3, 0.4) is 0 Å². The highest BCUT2D eigenvalue weighted by Crippen LogP contribution is 2.19. The second kappa shape index (κ2) is 7.82. The summed E-state index contributed by atoms with van der Waals surface area (Å²) in [7, 11) is 0. The molecule has 2 heterocycles. The normalized spacial score (nSPS) is 17.0. The number of carbonyl (C=O) groups is 1. The highest BCUT2D eigenvalue weighted by molar-refractivity contribution is 5.95. The minimum atomic E-state index is -0.0447. The Morgan fingerprint density at radius 1 is 1.19 bits per heavy atom. The van der Waals surface area contributed by atoms with Gasteiger partial charge in [-0.25, -0.2) is 0 Å². The quantitative estimate of drug-likeness (QED) is 0.707. The molecule has 3 aromatic rings. The maximum absolute atomic E-state index is 12.5. The van der Waals surface area contributed by atoms with Crippen molar-refractivity contribution in [3.8, 4) is 5.69 Å². The fourth-order valence-electron chi connectivity index (χ4n) is 3.10. The van der Waals surface area contributed by atoms with Crippen LogP contribution in [0.1, 0.15) is 33.3 Å². The summed E-state index contributed by atoms with van der Waals surface area (Å²) in [6.45, 7) is 4.46. The number of hydrogen-bond donors (Lipinski definition) is 1. The number of hydrogen-bond acceptors (Lipinski definition) is 5. The predicted octanol–water partition coefficient (Wildman–Crippen LogP) is 2.66. The molecule has 0 bridgehead atoms. The van der Waals surface area contributed by atoms with Crippen LogP contribution in [0.15, 0.2) is 54.7 Å². The average Bonchev–Trinajstić information content (AvgIpc) is 3.20. The molecule has 1 aromatic heterocycles. The van der Waals surface area contributed by atoms with Crippen molar-refractivity contribution in [3.05, 3.63) is 77.1 Å². The van der Waals surface area contributed by atoms with Crippen molar-refractivity contribution < 1.29 is 9.53 Å². The van der Waals surface area contributed by atoms with Crippen LogP contribution in [-0.2, 0) is 11.2 Å². The molecule has 1 aliphatic heterocycles. The first-order valence-electron chi connectivity index (χ1n) is 9.13. The van der Waals surface area contributed by atoms with Gasteiger partial charge in [-0.05, 0) is 30.2 Å². The zero-order valence-electron chi connectivity index (χ0n) is 15.3. The maximum atomic E-state index is 12.5. The number of carbonyl (C=O) groups excluding carboxylic acids is 1. The fourth-order valence-corrected chi connectivity index (χ4v) is 3.10. The smallest absolute Gasteiger partial charge is 0.189 e. The van der Waals surface area contributed by atoms with E-state index in [-0.39, 0.29) is 11.9 Å². The lowest BCUT2D eigenvalue weighted by atomic mass is 10.0. The van der Waals surface area contributed by atoms with Crippen LogP contribution in [0, 0.1) is 6.92 Å². The Morgan fingerprint density at radius 3 is 2.67 bits per heavy atom. The Balaban J connectivity index is 1.42. The molecule has 0 spiro atoms. The van der Waals surface area contributed by atoms with Gasteiger partial charge in [-0.1, -0.05) is 42.0 Å². The lowest BCUT2D eigenvalue weighted by Crippen LogP contribution is -2.33. The average molecular weight is 362 g/mol. The van der Waals surface area contributed by atoms with E-state index in [1.807, 2.05) is 55.5 Å². The van der Waals surface area contributed by atoms with E-state index in [2.05, 4.69) is 15.5 Å². The lowest BCUT2D eigenvalue weighted by molar-refractivity contribution is 0.0277. The van der Waals surface area contributed by atoms with Crippen LogP contribution >= 0.6 is 0 Å². The zero-order valence-corrected chi connectivity index (χ0v) is 15.3. The summed E-state index contributed by atoms with van der Waals surface area (Å²) in [6, 6.07) is 15.9. The number of ketones is 1. The van der Waals surface area contributed by atoms with Crippen LogP contribution < -0.4 is 5.32 Å². The van der Waals surface area contributed by atoms with Gasteiger partial charge in [0.25, 0.3) is 0 Å². The number of aryl methyl sites for hydroxylation is 1. The van der Waals surface area contributed by atoms with E-state index >= 15 is 0 Å². The summed E-state index contributed by atoms with van der Waals surface area (Å²) in [4.78, 5) is 14.0. The molecular weight excluding hydrogens is 340 g/mol. The SMILES string of the molecule is Cc1ccc(-n2ncc(C(=O)Cc3ccc([C@H]4CNCCO4)cc3)n2)cc1. The van der Waals surface area contributed by atoms with E-state index in [9.17, 15) is 4.79 Å². The summed E-state index contributed by atoms with van der Waals surface area (Å²) in [6.07, 6.45) is 1.91. The van der Waals surface area contributed by atoms with Gasteiger partial charge in [0, 0.05) is 19.5 Å². The Kier molecular flexibility index (Phi) is 5.09. The fraction of sp³-hybridized carbons (Fsp3) is 0.286. The number of morpholine rings is 1. The van der Waals surface area contributed by atoms with Gasteiger partial charge >= 0.3 is 0 Å². The number of aromatic nitrogens is 3. The molecule has 1 aliphatic rings. The molecule has 1 N–H and O–H groups in total. The van der Waals surface area contributed by atoms with Gasteiger partial charge in [0.05, 0.1) is 24.6 Å². The van der Waals surface area contributed by atoms with Gasteiger partial charge in [-0.3, -0.25) is 4.79 Å². The molecule has 0 radical (unpaired) electrons. The molecule has 1 saturated heterocycles. The Labute approximate surface area is 158 Å². The van der Waals surface area contributed by atoms with Crippen LogP contribution in [0.25, 0.3) is 5.69 Å². The van der Waals surface area contributed by atoms with Gasteiger partial charge in [-0.15, -0.1) is 5.10 Å². The second-order valence-corrected chi connectivity index (χ2v) is 6.76. The summed E-state index contributed by atoms with van der Waals surface area (Å²) in [5.41, 5.74) is 4.46. The first-order chi connectivity index (χ1) is 13.2. The molecule has 2 aromatic carbocycles. The van der Waals surface area contributed by atoms with Crippen LogP contribution in [0.4, 0.5) is 0 Å². The van der Waals surface area contributed by atoms with Crippen LogP contribution in [0.2, 0.25) is 0 Å². The molecule has 0 unspecified atom stereocenters. The van der Waals surface area contributed by atoms with Crippen molar-refractivity contribution in [1.29, 1.82) is 0 Å². The van der Waals surface area contributed by atoms with Gasteiger partial charge in [0.15, 0.2) is 5.78 Å². The molecule has 1 fully saturated rings. The third-order valence-corrected chi connectivity index (χ3v) is 4.69. The lowest BCUT2D eigenvalue weighted by Gasteiger charge is -2.24. The summed E-state index contributed by atoms with van der Waals surface area (Å²) in [5, 5.41) is 11.9. The number of rotatable bonds is 5. The molecule has 1 atom stereocenters. The number of benzene rings is 2. The minimum Gasteiger partial charge on any atom is -0.371 e. The molecule has 27 heavy (non-hydrogen) atoms. The van der Waals surface area contributed by atoms with Crippen molar-refractivity contribution in [2.75, 3.05) is 19.7 Å². The Bertz CT molecular complexity index is 910. The number of nitrogens with zero attached hydrogens (tertiary/aromatic N) is 3. The van der Waals surface area contributed by atoms with Gasteiger partial charge in [0.2, 0.25) is 0 Å². The van der Waals surface area contributed by atoms with E-state index < -0.39 is 0 Å². The molecule has 6 nitrogen and oxygen atoms in total. The minimum absolute atomic E-state index is 0.0447.